The van der Waals surface area contributed by atoms with Gasteiger partial charge >= 0.3 is 5.97 Å². The van der Waals surface area contributed by atoms with Crippen molar-refractivity contribution in [2.45, 2.75) is 46.0 Å². The fourth-order valence-electron chi connectivity index (χ4n) is 2.00. The number of ether oxygens (including phenoxy) is 1. The smallest absolute Gasteiger partial charge is 0.305 e. The molecular formula is C16H28N4O2S. The number of methoxy groups -OCH3 is 1. The van der Waals surface area contributed by atoms with Crippen molar-refractivity contribution in [2.75, 3.05) is 26.7 Å². The molecule has 0 radical (unpaired) electrons. The van der Waals surface area contributed by atoms with Crippen LogP contribution in [0.5, 0.6) is 0 Å². The Kier molecular flexibility index (Phi) is 10.0. The number of carbonyl (C=O) groups is 1. The lowest BCUT2D eigenvalue weighted by molar-refractivity contribution is -0.140. The lowest BCUT2D eigenvalue weighted by Crippen LogP contribution is -2.38. The second-order valence-electron chi connectivity index (χ2n) is 5.19. The van der Waals surface area contributed by atoms with Crippen LogP contribution in [0.2, 0.25) is 0 Å². The molecule has 0 aliphatic carbocycles. The zero-order chi connectivity index (χ0) is 16.9. The van der Waals surface area contributed by atoms with Crippen LogP contribution in [0.3, 0.4) is 0 Å². The summed E-state index contributed by atoms with van der Waals surface area (Å²) in [4.78, 5) is 21.1. The first-order chi connectivity index (χ1) is 11.2. The Hall–Kier alpha value is -1.63. The number of hydrogen-bond acceptors (Lipinski definition) is 5. The van der Waals surface area contributed by atoms with Gasteiger partial charge in [-0.15, -0.1) is 11.3 Å². The van der Waals surface area contributed by atoms with Gasteiger partial charge in [0, 0.05) is 43.5 Å². The first kappa shape index (κ1) is 19.4. The van der Waals surface area contributed by atoms with Crippen molar-refractivity contribution in [1.29, 1.82) is 0 Å². The number of carbonyl (C=O) groups excluding carboxylic acids is 1. The number of nitrogens with one attached hydrogen (secondary N) is 2. The Labute approximate surface area is 142 Å². The van der Waals surface area contributed by atoms with Gasteiger partial charge in [-0.3, -0.25) is 9.79 Å². The van der Waals surface area contributed by atoms with Crippen LogP contribution in [-0.2, 0) is 16.0 Å². The van der Waals surface area contributed by atoms with Crippen molar-refractivity contribution >= 4 is 23.3 Å². The van der Waals surface area contributed by atoms with Gasteiger partial charge in [-0.1, -0.05) is 6.42 Å². The van der Waals surface area contributed by atoms with Gasteiger partial charge in [-0.05, 0) is 26.7 Å². The predicted octanol–water partition coefficient (Wildman–Crippen LogP) is 2.28. The maximum atomic E-state index is 11.0. The van der Waals surface area contributed by atoms with E-state index in [-0.39, 0.29) is 5.97 Å². The van der Waals surface area contributed by atoms with Crippen LogP contribution in [0, 0.1) is 6.92 Å². The minimum atomic E-state index is -0.138. The summed E-state index contributed by atoms with van der Waals surface area (Å²) in [5.41, 5.74) is 0. The molecule has 2 N–H and O–H groups in total. The fourth-order valence-corrected chi connectivity index (χ4v) is 2.78. The van der Waals surface area contributed by atoms with Gasteiger partial charge in [0.05, 0.1) is 12.1 Å². The van der Waals surface area contributed by atoms with Gasteiger partial charge in [0.25, 0.3) is 0 Å². The molecule has 6 nitrogen and oxygen atoms in total. The van der Waals surface area contributed by atoms with E-state index in [2.05, 4.69) is 39.2 Å². The van der Waals surface area contributed by atoms with E-state index in [1.54, 1.807) is 11.3 Å². The highest BCUT2D eigenvalue weighted by molar-refractivity contribution is 7.11. The highest BCUT2D eigenvalue weighted by Gasteiger charge is 2.01. The third-order valence-electron chi connectivity index (χ3n) is 3.18. The normalized spacial score (nSPS) is 11.3. The van der Waals surface area contributed by atoms with Crippen molar-refractivity contribution in [2.24, 2.45) is 4.99 Å². The first-order valence-electron chi connectivity index (χ1n) is 8.16. The molecule has 0 aliphatic heterocycles. The summed E-state index contributed by atoms with van der Waals surface area (Å²) in [6.07, 6.45) is 6.12. The molecule has 0 spiro atoms. The summed E-state index contributed by atoms with van der Waals surface area (Å²) in [5, 5.41) is 7.72. The topological polar surface area (TPSA) is 75.6 Å². The van der Waals surface area contributed by atoms with E-state index in [0.717, 1.165) is 56.3 Å². The number of rotatable bonds is 10. The van der Waals surface area contributed by atoms with E-state index in [0.29, 0.717) is 6.42 Å². The van der Waals surface area contributed by atoms with Gasteiger partial charge in [0.1, 0.15) is 0 Å². The second-order valence-corrected chi connectivity index (χ2v) is 6.51. The number of hydrogen-bond donors (Lipinski definition) is 2. The van der Waals surface area contributed by atoms with Gasteiger partial charge in [-0.2, -0.15) is 0 Å². The maximum absolute atomic E-state index is 11.0. The summed E-state index contributed by atoms with van der Waals surface area (Å²) in [6, 6.07) is 0. The number of aryl methyl sites for hydroxylation is 1. The minimum Gasteiger partial charge on any atom is -0.469 e. The molecule has 7 heteroatoms. The van der Waals surface area contributed by atoms with Crippen LogP contribution in [0.1, 0.15) is 42.5 Å². The Morgan fingerprint density at radius 3 is 2.83 bits per heavy atom. The Morgan fingerprint density at radius 1 is 1.35 bits per heavy atom. The zero-order valence-electron chi connectivity index (χ0n) is 14.4. The summed E-state index contributed by atoms with van der Waals surface area (Å²) in [6.45, 7) is 6.54. The standard InChI is InChI=1S/C16H28N4O2S/c1-4-17-16(18-10-7-5-6-8-15(21)22-3)19-11-9-14-20-12-13(2)23-14/h12H,4-11H2,1-3H3,(H2,17,18,19). The van der Waals surface area contributed by atoms with Crippen LogP contribution >= 0.6 is 11.3 Å². The molecule has 0 saturated carbocycles. The van der Waals surface area contributed by atoms with Crippen LogP contribution < -0.4 is 10.6 Å². The number of thiazole rings is 1. The largest absolute Gasteiger partial charge is 0.469 e. The molecule has 0 aromatic carbocycles. The van der Waals surface area contributed by atoms with E-state index < -0.39 is 0 Å². The number of esters is 1. The van der Waals surface area contributed by atoms with Crippen molar-refractivity contribution < 1.29 is 9.53 Å². The summed E-state index contributed by atoms with van der Waals surface area (Å²) in [7, 11) is 1.42. The first-order valence-corrected chi connectivity index (χ1v) is 8.97. The summed E-state index contributed by atoms with van der Waals surface area (Å²) in [5.74, 6) is 0.703. The van der Waals surface area contributed by atoms with Crippen LogP contribution in [0.15, 0.2) is 11.2 Å². The molecule has 130 valence electrons. The molecule has 0 aliphatic rings. The summed E-state index contributed by atoms with van der Waals surface area (Å²) < 4.78 is 4.62. The van der Waals surface area contributed by atoms with E-state index in [4.69, 9.17) is 0 Å². The van der Waals surface area contributed by atoms with E-state index >= 15 is 0 Å². The number of aliphatic imine (C=N–C) groups is 1. The van der Waals surface area contributed by atoms with Gasteiger partial charge in [0.2, 0.25) is 0 Å². The molecule has 1 heterocycles. The van der Waals surface area contributed by atoms with Crippen LogP contribution in [-0.4, -0.2) is 43.7 Å². The molecule has 0 unspecified atom stereocenters. The monoisotopic (exact) mass is 340 g/mol. The van der Waals surface area contributed by atoms with Crippen molar-refractivity contribution in [3.63, 3.8) is 0 Å². The van der Waals surface area contributed by atoms with Gasteiger partial charge in [-0.25, -0.2) is 4.98 Å². The highest BCUT2D eigenvalue weighted by Crippen LogP contribution is 2.10. The molecule has 0 atom stereocenters. The van der Waals surface area contributed by atoms with E-state index in [1.165, 1.54) is 12.0 Å². The third kappa shape index (κ3) is 9.18. The van der Waals surface area contributed by atoms with Gasteiger partial charge < -0.3 is 15.4 Å². The second kappa shape index (κ2) is 11.9. The quantitative estimate of drug-likeness (QED) is 0.296. The van der Waals surface area contributed by atoms with Crippen molar-refractivity contribution in [3.05, 3.63) is 16.1 Å². The van der Waals surface area contributed by atoms with Crippen LogP contribution in [0.25, 0.3) is 0 Å². The number of guanidine groups is 1. The fraction of sp³-hybridized carbons (Fsp3) is 0.688. The lowest BCUT2D eigenvalue weighted by atomic mass is 10.2. The number of nitrogens with zero attached hydrogens (tertiary/aromatic N) is 2. The van der Waals surface area contributed by atoms with Crippen molar-refractivity contribution in [3.8, 4) is 0 Å². The molecule has 23 heavy (non-hydrogen) atoms. The highest BCUT2D eigenvalue weighted by atomic mass is 32.1. The number of aromatic nitrogens is 1. The zero-order valence-corrected chi connectivity index (χ0v) is 15.2. The molecule has 1 rings (SSSR count). The molecule has 0 saturated heterocycles. The lowest BCUT2D eigenvalue weighted by Gasteiger charge is -2.10. The van der Waals surface area contributed by atoms with E-state index in [9.17, 15) is 4.79 Å². The maximum Gasteiger partial charge on any atom is 0.305 e. The van der Waals surface area contributed by atoms with Gasteiger partial charge in [0.15, 0.2) is 5.96 Å². The molecular weight excluding hydrogens is 312 g/mol. The minimum absolute atomic E-state index is 0.138. The van der Waals surface area contributed by atoms with E-state index in [1.807, 2.05) is 6.20 Å². The molecule has 1 aromatic rings. The predicted molar refractivity (Wildman–Crippen MR) is 95.0 cm³/mol. The summed E-state index contributed by atoms with van der Waals surface area (Å²) >= 11 is 1.73. The third-order valence-corrected chi connectivity index (χ3v) is 4.15. The average molecular weight is 340 g/mol. The Balaban J connectivity index is 2.20. The molecule has 0 amide bonds. The molecule has 0 bridgehead atoms. The SMILES string of the molecule is CCNC(=NCCCCCC(=O)OC)NCCc1ncc(C)s1. The Morgan fingerprint density at radius 2 is 2.17 bits per heavy atom. The van der Waals surface area contributed by atoms with Crippen LogP contribution in [0.4, 0.5) is 0 Å². The average Bonchev–Trinajstić information content (AvgIpc) is 2.95. The van der Waals surface area contributed by atoms with Crippen molar-refractivity contribution in [1.82, 2.24) is 15.6 Å². The molecule has 0 fully saturated rings. The number of unbranched alkanes of at least 4 members (excludes halogenated alkanes) is 2. The Bertz CT molecular complexity index is 488. The molecule has 1 aromatic heterocycles.